The van der Waals surface area contributed by atoms with E-state index in [9.17, 15) is 9.59 Å². The standard InChI is InChI=1S/C16H22N2O3/c1-2-13(14-6-4-3-5-7-14)12-17-15(19)8-9-18-10-11-21-16(18)20/h3-7,13H,2,8-12H2,1H3,(H,17,19). The number of ether oxygens (including phenoxy) is 1. The summed E-state index contributed by atoms with van der Waals surface area (Å²) in [5.74, 6) is 0.302. The Morgan fingerprint density at radius 2 is 2.14 bits per heavy atom. The minimum atomic E-state index is -0.321. The molecule has 0 saturated carbocycles. The first-order valence-electron chi connectivity index (χ1n) is 7.44. The van der Waals surface area contributed by atoms with Gasteiger partial charge in [-0.2, -0.15) is 0 Å². The summed E-state index contributed by atoms with van der Waals surface area (Å²) >= 11 is 0. The Labute approximate surface area is 125 Å². The number of benzene rings is 1. The van der Waals surface area contributed by atoms with E-state index in [1.807, 2.05) is 18.2 Å². The van der Waals surface area contributed by atoms with Crippen LogP contribution in [0.25, 0.3) is 0 Å². The van der Waals surface area contributed by atoms with Gasteiger partial charge >= 0.3 is 6.09 Å². The molecule has 1 fully saturated rings. The molecule has 1 heterocycles. The average molecular weight is 290 g/mol. The van der Waals surface area contributed by atoms with Gasteiger partial charge in [-0.15, -0.1) is 0 Å². The summed E-state index contributed by atoms with van der Waals surface area (Å²) in [6.45, 7) is 4.17. The van der Waals surface area contributed by atoms with Gasteiger partial charge in [0.1, 0.15) is 6.61 Å². The molecule has 0 spiro atoms. The number of nitrogens with one attached hydrogen (secondary N) is 1. The zero-order valence-corrected chi connectivity index (χ0v) is 12.4. The van der Waals surface area contributed by atoms with Crippen LogP contribution in [-0.4, -0.2) is 43.1 Å². The van der Waals surface area contributed by atoms with Crippen LogP contribution < -0.4 is 5.32 Å². The van der Waals surface area contributed by atoms with Gasteiger partial charge in [-0.1, -0.05) is 37.3 Å². The van der Waals surface area contributed by atoms with Crippen molar-refractivity contribution in [2.24, 2.45) is 0 Å². The highest BCUT2D eigenvalue weighted by atomic mass is 16.6. The van der Waals surface area contributed by atoms with Crippen LogP contribution in [0.4, 0.5) is 4.79 Å². The van der Waals surface area contributed by atoms with E-state index in [4.69, 9.17) is 4.74 Å². The van der Waals surface area contributed by atoms with Crippen LogP contribution in [0.5, 0.6) is 0 Å². The molecule has 0 bridgehead atoms. The lowest BCUT2D eigenvalue weighted by molar-refractivity contribution is -0.121. The lowest BCUT2D eigenvalue weighted by Crippen LogP contribution is -2.33. The summed E-state index contributed by atoms with van der Waals surface area (Å²) in [5.41, 5.74) is 1.24. The zero-order chi connectivity index (χ0) is 15.1. The summed E-state index contributed by atoms with van der Waals surface area (Å²) in [6, 6.07) is 10.2. The van der Waals surface area contributed by atoms with E-state index in [0.29, 0.717) is 38.6 Å². The molecule has 0 aliphatic carbocycles. The summed E-state index contributed by atoms with van der Waals surface area (Å²) in [6.07, 6.45) is 0.974. The average Bonchev–Trinajstić information content (AvgIpc) is 2.92. The molecule has 1 unspecified atom stereocenters. The quantitative estimate of drug-likeness (QED) is 0.837. The number of hydrogen-bond donors (Lipinski definition) is 1. The van der Waals surface area contributed by atoms with Gasteiger partial charge in [0.15, 0.2) is 0 Å². The molecule has 114 valence electrons. The second-order valence-electron chi connectivity index (χ2n) is 5.17. The maximum atomic E-state index is 11.9. The third-order valence-electron chi connectivity index (χ3n) is 3.76. The second kappa shape index (κ2) is 7.67. The Balaban J connectivity index is 1.73. The smallest absolute Gasteiger partial charge is 0.409 e. The highest BCUT2D eigenvalue weighted by molar-refractivity contribution is 5.77. The second-order valence-corrected chi connectivity index (χ2v) is 5.17. The summed E-state index contributed by atoms with van der Waals surface area (Å²) in [7, 11) is 0. The molecular weight excluding hydrogens is 268 g/mol. The number of carbonyl (C=O) groups is 2. The third-order valence-corrected chi connectivity index (χ3v) is 3.76. The Morgan fingerprint density at radius 1 is 1.38 bits per heavy atom. The lowest BCUT2D eigenvalue weighted by atomic mass is 9.96. The van der Waals surface area contributed by atoms with E-state index < -0.39 is 0 Å². The fourth-order valence-corrected chi connectivity index (χ4v) is 2.41. The van der Waals surface area contributed by atoms with E-state index in [-0.39, 0.29) is 12.0 Å². The molecule has 2 amide bonds. The van der Waals surface area contributed by atoms with Crippen molar-refractivity contribution in [1.82, 2.24) is 10.2 Å². The number of hydrogen-bond acceptors (Lipinski definition) is 3. The topological polar surface area (TPSA) is 58.6 Å². The number of carbonyl (C=O) groups excluding carboxylic acids is 2. The van der Waals surface area contributed by atoms with Crippen molar-refractivity contribution in [3.05, 3.63) is 35.9 Å². The van der Waals surface area contributed by atoms with Crippen molar-refractivity contribution in [2.75, 3.05) is 26.2 Å². The highest BCUT2D eigenvalue weighted by Gasteiger charge is 2.22. The van der Waals surface area contributed by atoms with E-state index >= 15 is 0 Å². The molecule has 1 aromatic carbocycles. The molecule has 5 nitrogen and oxygen atoms in total. The van der Waals surface area contributed by atoms with Gasteiger partial charge in [-0.25, -0.2) is 4.79 Å². The molecule has 1 saturated heterocycles. The molecule has 1 N–H and O–H groups in total. The number of amides is 2. The Morgan fingerprint density at radius 3 is 2.76 bits per heavy atom. The molecule has 2 rings (SSSR count). The van der Waals surface area contributed by atoms with E-state index in [0.717, 1.165) is 6.42 Å². The Hall–Kier alpha value is -2.04. The largest absolute Gasteiger partial charge is 0.448 e. The van der Waals surface area contributed by atoms with Crippen LogP contribution in [0, 0.1) is 0 Å². The van der Waals surface area contributed by atoms with Gasteiger partial charge < -0.3 is 15.0 Å². The summed E-state index contributed by atoms with van der Waals surface area (Å²) in [4.78, 5) is 24.7. The number of rotatable bonds is 7. The zero-order valence-electron chi connectivity index (χ0n) is 12.4. The van der Waals surface area contributed by atoms with Crippen LogP contribution in [0.2, 0.25) is 0 Å². The van der Waals surface area contributed by atoms with Gasteiger partial charge in [0.25, 0.3) is 0 Å². The molecule has 1 aliphatic rings. The normalized spacial score (nSPS) is 15.7. The van der Waals surface area contributed by atoms with E-state index in [1.165, 1.54) is 5.56 Å². The Bertz CT molecular complexity index is 476. The van der Waals surface area contributed by atoms with Crippen LogP contribution in [-0.2, 0) is 9.53 Å². The predicted octanol–water partition coefficient (Wildman–Crippen LogP) is 2.14. The Kier molecular flexibility index (Phi) is 5.60. The van der Waals surface area contributed by atoms with Crippen molar-refractivity contribution in [1.29, 1.82) is 0 Å². The van der Waals surface area contributed by atoms with Crippen LogP contribution >= 0.6 is 0 Å². The van der Waals surface area contributed by atoms with Gasteiger partial charge in [0.2, 0.25) is 5.91 Å². The fraction of sp³-hybridized carbons (Fsp3) is 0.500. The minimum Gasteiger partial charge on any atom is -0.448 e. The first-order chi connectivity index (χ1) is 10.2. The van der Waals surface area contributed by atoms with Crippen LogP contribution in [0.1, 0.15) is 31.2 Å². The third kappa shape index (κ3) is 4.48. The molecule has 1 aromatic rings. The van der Waals surface area contributed by atoms with Crippen molar-refractivity contribution in [3.63, 3.8) is 0 Å². The predicted molar refractivity (Wildman–Crippen MR) is 80.0 cm³/mol. The van der Waals surface area contributed by atoms with Crippen LogP contribution in [0.15, 0.2) is 30.3 Å². The lowest BCUT2D eigenvalue weighted by Gasteiger charge is -2.17. The minimum absolute atomic E-state index is 0.0240. The highest BCUT2D eigenvalue weighted by Crippen LogP contribution is 2.17. The summed E-state index contributed by atoms with van der Waals surface area (Å²) < 4.78 is 4.83. The molecule has 1 atom stereocenters. The van der Waals surface area contributed by atoms with Gasteiger partial charge in [0.05, 0.1) is 6.54 Å². The van der Waals surface area contributed by atoms with Gasteiger partial charge in [-0.05, 0) is 12.0 Å². The number of cyclic esters (lactones) is 1. The molecule has 5 heteroatoms. The molecule has 1 aliphatic heterocycles. The fourth-order valence-electron chi connectivity index (χ4n) is 2.41. The molecule has 21 heavy (non-hydrogen) atoms. The van der Waals surface area contributed by atoms with E-state index in [1.54, 1.807) is 4.90 Å². The number of nitrogens with zero attached hydrogens (tertiary/aromatic N) is 1. The van der Waals surface area contributed by atoms with Crippen molar-refractivity contribution >= 4 is 12.0 Å². The molecule has 0 aromatic heterocycles. The monoisotopic (exact) mass is 290 g/mol. The maximum Gasteiger partial charge on any atom is 0.409 e. The van der Waals surface area contributed by atoms with Crippen LogP contribution in [0.3, 0.4) is 0 Å². The first kappa shape index (κ1) is 15.4. The van der Waals surface area contributed by atoms with Crippen molar-refractivity contribution in [2.45, 2.75) is 25.7 Å². The SMILES string of the molecule is CCC(CNC(=O)CCN1CCOC1=O)c1ccccc1. The van der Waals surface area contributed by atoms with Crippen molar-refractivity contribution in [3.8, 4) is 0 Å². The van der Waals surface area contributed by atoms with E-state index in [2.05, 4.69) is 24.4 Å². The van der Waals surface area contributed by atoms with Crippen molar-refractivity contribution < 1.29 is 14.3 Å². The van der Waals surface area contributed by atoms with Gasteiger partial charge in [0, 0.05) is 25.4 Å². The summed E-state index contributed by atoms with van der Waals surface area (Å²) in [5, 5.41) is 2.95. The molecule has 0 radical (unpaired) electrons. The van der Waals surface area contributed by atoms with Gasteiger partial charge in [-0.3, -0.25) is 4.79 Å². The maximum absolute atomic E-state index is 11.9. The first-order valence-corrected chi connectivity index (χ1v) is 7.44. The molecular formula is C16H22N2O3.